The minimum absolute atomic E-state index is 0.162. The van der Waals surface area contributed by atoms with E-state index in [4.69, 9.17) is 38.3 Å². The van der Waals surface area contributed by atoms with Crippen molar-refractivity contribution in [2.24, 2.45) is 0 Å². The lowest BCUT2D eigenvalue weighted by Gasteiger charge is -2.31. The Labute approximate surface area is 203 Å². The van der Waals surface area contributed by atoms with E-state index in [1.54, 1.807) is 14.2 Å². The number of carboxylic acid groups (broad SMARTS) is 1. The van der Waals surface area contributed by atoms with Gasteiger partial charge >= 0.3 is 6.18 Å². The number of carboxylic acids is 1. The first-order valence-corrected chi connectivity index (χ1v) is 11.0. The predicted molar refractivity (Wildman–Crippen MR) is 114 cm³/mol. The van der Waals surface area contributed by atoms with Gasteiger partial charge in [0.2, 0.25) is 12.5 Å². The molecule has 4 aliphatic rings. The second-order valence-corrected chi connectivity index (χ2v) is 8.40. The van der Waals surface area contributed by atoms with E-state index in [0.29, 0.717) is 12.4 Å². The summed E-state index contributed by atoms with van der Waals surface area (Å²) >= 11 is 0. The van der Waals surface area contributed by atoms with E-state index in [1.807, 2.05) is 0 Å². The molecule has 9 nitrogen and oxygen atoms in total. The van der Waals surface area contributed by atoms with Crippen LogP contribution in [-0.4, -0.2) is 57.3 Å². The SMILES string of the molecule is COc1cc2c(c3c1OCOC3)C[C@H]1c3c(cc4c(c3OC)OCO4)CC[N+]1=C2.O=C([O-])C(F)(F)F. The van der Waals surface area contributed by atoms with Crippen LogP contribution in [0.1, 0.15) is 33.9 Å². The molecule has 0 aromatic heterocycles. The average Bonchev–Trinajstić information content (AvgIpc) is 3.33. The summed E-state index contributed by atoms with van der Waals surface area (Å²) < 4.78 is 68.1. The van der Waals surface area contributed by atoms with Crippen molar-refractivity contribution in [3.05, 3.63) is 39.9 Å². The van der Waals surface area contributed by atoms with Gasteiger partial charge in [-0.1, -0.05) is 0 Å². The summed E-state index contributed by atoms with van der Waals surface area (Å²) in [7, 11) is 3.38. The van der Waals surface area contributed by atoms with Gasteiger partial charge in [-0.25, -0.2) is 4.58 Å². The molecule has 0 unspecified atom stereocenters. The predicted octanol–water partition coefficient (Wildman–Crippen LogP) is 1.88. The number of hydrogen-bond acceptors (Lipinski definition) is 8. The fraction of sp³-hybridized carbons (Fsp3) is 0.417. The number of methoxy groups -OCH3 is 2. The number of nitrogens with zero attached hydrogens (tertiary/aromatic N) is 1. The molecule has 0 spiro atoms. The summed E-state index contributed by atoms with van der Waals surface area (Å²) in [5.41, 5.74) is 5.93. The summed E-state index contributed by atoms with van der Waals surface area (Å²) in [6.07, 6.45) is -1.19. The number of rotatable bonds is 2. The molecule has 4 heterocycles. The van der Waals surface area contributed by atoms with Crippen LogP contribution < -0.4 is 28.8 Å². The average molecular weight is 509 g/mol. The summed E-state index contributed by atoms with van der Waals surface area (Å²) in [5.74, 6) is 0.826. The summed E-state index contributed by atoms with van der Waals surface area (Å²) in [6.45, 7) is 1.95. The zero-order chi connectivity index (χ0) is 25.6. The third-order valence-electron chi connectivity index (χ3n) is 6.50. The number of ether oxygens (including phenoxy) is 6. The second-order valence-electron chi connectivity index (χ2n) is 8.40. The number of fused-ring (bicyclic) bond motifs is 7. The first-order chi connectivity index (χ1) is 17.2. The normalized spacial score (nSPS) is 18.7. The van der Waals surface area contributed by atoms with Gasteiger partial charge in [0.05, 0.1) is 26.4 Å². The molecule has 2 aromatic rings. The lowest BCUT2D eigenvalue weighted by atomic mass is 9.83. The zero-order valence-corrected chi connectivity index (χ0v) is 19.4. The fourth-order valence-corrected chi connectivity index (χ4v) is 4.99. The van der Waals surface area contributed by atoms with E-state index in [1.165, 1.54) is 16.7 Å². The first kappa shape index (κ1) is 24.0. The number of alkyl halides is 3. The van der Waals surface area contributed by atoms with E-state index in [0.717, 1.165) is 53.5 Å². The van der Waals surface area contributed by atoms with Gasteiger partial charge in [-0.05, 0) is 23.3 Å². The van der Waals surface area contributed by atoms with Crippen LogP contribution in [0.3, 0.4) is 0 Å². The van der Waals surface area contributed by atoms with Gasteiger partial charge in [0, 0.05) is 24.0 Å². The van der Waals surface area contributed by atoms with Gasteiger partial charge in [0.1, 0.15) is 12.5 Å². The second kappa shape index (κ2) is 9.08. The zero-order valence-electron chi connectivity index (χ0n) is 19.4. The molecule has 192 valence electrons. The molecule has 0 amide bonds. The van der Waals surface area contributed by atoms with Crippen molar-refractivity contribution in [2.45, 2.75) is 31.7 Å². The topological polar surface area (TPSA) is 98.5 Å². The largest absolute Gasteiger partial charge is 0.542 e. The van der Waals surface area contributed by atoms with Crippen LogP contribution in [-0.2, 0) is 29.0 Å². The molecule has 36 heavy (non-hydrogen) atoms. The van der Waals surface area contributed by atoms with Crippen LogP contribution >= 0.6 is 0 Å². The smallest absolute Gasteiger partial charge is 0.430 e. The van der Waals surface area contributed by atoms with Crippen LogP contribution in [0.15, 0.2) is 12.1 Å². The van der Waals surface area contributed by atoms with E-state index in [2.05, 4.69) is 22.9 Å². The van der Waals surface area contributed by atoms with Crippen LogP contribution in [0.2, 0.25) is 0 Å². The molecule has 0 saturated heterocycles. The minimum Gasteiger partial charge on any atom is -0.542 e. The van der Waals surface area contributed by atoms with E-state index in [9.17, 15) is 13.2 Å². The maximum atomic E-state index is 10.5. The molecular weight excluding hydrogens is 487 g/mol. The number of aliphatic carboxylic acids is 1. The maximum Gasteiger partial charge on any atom is 0.430 e. The molecule has 4 aliphatic heterocycles. The lowest BCUT2D eigenvalue weighted by molar-refractivity contribution is -0.573. The molecule has 6 rings (SSSR count). The third-order valence-corrected chi connectivity index (χ3v) is 6.50. The quantitative estimate of drug-likeness (QED) is 0.567. The molecule has 0 N–H and O–H groups in total. The van der Waals surface area contributed by atoms with Crippen molar-refractivity contribution in [2.75, 3.05) is 34.4 Å². The van der Waals surface area contributed by atoms with Gasteiger partial charge in [0.15, 0.2) is 42.0 Å². The molecule has 0 radical (unpaired) electrons. The van der Waals surface area contributed by atoms with E-state index >= 15 is 0 Å². The Bertz CT molecular complexity index is 1260. The minimum atomic E-state index is -5.19. The van der Waals surface area contributed by atoms with Gasteiger partial charge < -0.3 is 38.3 Å². The summed E-state index contributed by atoms with van der Waals surface area (Å²) in [4.78, 5) is 8.78. The third kappa shape index (κ3) is 4.04. The van der Waals surface area contributed by atoms with Gasteiger partial charge in [-0.15, -0.1) is 0 Å². The molecule has 1 atom stereocenters. The highest BCUT2D eigenvalue weighted by atomic mass is 19.4. The lowest BCUT2D eigenvalue weighted by Crippen LogP contribution is -2.37. The van der Waals surface area contributed by atoms with Crippen LogP contribution in [0.5, 0.6) is 28.7 Å². The Morgan fingerprint density at radius 1 is 1.08 bits per heavy atom. The fourth-order valence-electron chi connectivity index (χ4n) is 4.99. The molecular formula is C24H22F3NO8. The van der Waals surface area contributed by atoms with Crippen molar-refractivity contribution in [1.29, 1.82) is 0 Å². The Hall–Kier alpha value is -3.67. The van der Waals surface area contributed by atoms with Gasteiger partial charge in [0.25, 0.3) is 0 Å². The van der Waals surface area contributed by atoms with Crippen molar-refractivity contribution >= 4 is 12.2 Å². The Balaban J connectivity index is 0.000000338. The van der Waals surface area contributed by atoms with Crippen LogP contribution in [0.25, 0.3) is 0 Å². The number of hydrogen-bond donors (Lipinski definition) is 0. The van der Waals surface area contributed by atoms with Crippen LogP contribution in [0, 0.1) is 0 Å². The number of benzene rings is 2. The standard InChI is InChI=1S/C22H22NO6.C2HF3O2/c1-24-17-6-13-8-23-4-3-12-5-18-21(29-11-27-18)22(25-2)19(12)16(23)7-14(13)15-9-26-10-28-20(15)17;3-2(4,5)1(6)7/h5-6,8,16H,3-4,7,9-11H2,1-2H3;(H,6,7)/q+1;/p-1/t16-;/m0./s1. The van der Waals surface area contributed by atoms with Crippen molar-refractivity contribution < 1.29 is 56.1 Å². The molecule has 12 heteroatoms. The van der Waals surface area contributed by atoms with E-state index in [-0.39, 0.29) is 19.6 Å². The van der Waals surface area contributed by atoms with Crippen molar-refractivity contribution in [1.82, 2.24) is 0 Å². The first-order valence-electron chi connectivity index (χ1n) is 11.0. The summed E-state index contributed by atoms with van der Waals surface area (Å²) in [6, 6.07) is 4.35. The monoisotopic (exact) mass is 509 g/mol. The van der Waals surface area contributed by atoms with Crippen molar-refractivity contribution in [3.63, 3.8) is 0 Å². The highest BCUT2D eigenvalue weighted by Crippen LogP contribution is 2.51. The van der Waals surface area contributed by atoms with Gasteiger partial charge in [-0.3, -0.25) is 0 Å². The molecule has 2 aromatic carbocycles. The Morgan fingerprint density at radius 2 is 1.83 bits per heavy atom. The molecule has 0 aliphatic carbocycles. The highest BCUT2D eigenvalue weighted by molar-refractivity contribution is 5.83. The van der Waals surface area contributed by atoms with Crippen molar-refractivity contribution in [3.8, 4) is 28.7 Å². The molecule has 0 fully saturated rings. The van der Waals surface area contributed by atoms with E-state index < -0.39 is 12.1 Å². The number of halogens is 3. The van der Waals surface area contributed by atoms with Gasteiger partial charge in [-0.2, -0.15) is 13.2 Å². The maximum absolute atomic E-state index is 10.5. The molecule has 0 saturated carbocycles. The molecule has 0 bridgehead atoms. The summed E-state index contributed by atoms with van der Waals surface area (Å²) in [5, 5.41) is 8.78. The highest BCUT2D eigenvalue weighted by Gasteiger charge is 2.41. The number of carbonyl (C=O) groups is 1. The van der Waals surface area contributed by atoms with Crippen LogP contribution in [0.4, 0.5) is 13.2 Å². The number of carbonyl (C=O) groups excluding carboxylic acids is 1. The Morgan fingerprint density at radius 3 is 2.53 bits per heavy atom. The Kier molecular flexibility index (Phi) is 6.07.